The monoisotopic (exact) mass is 468 g/mol. The molecular formula is C23H28N6O5. The lowest BCUT2D eigenvalue weighted by molar-refractivity contribution is -0.113. The van der Waals surface area contributed by atoms with Gasteiger partial charge in [-0.15, -0.1) is 0 Å². The zero-order valence-electron chi connectivity index (χ0n) is 20.3. The van der Waals surface area contributed by atoms with Crippen molar-refractivity contribution in [3.63, 3.8) is 0 Å². The van der Waals surface area contributed by atoms with Gasteiger partial charge in [0.05, 0.1) is 44.0 Å². The largest absolute Gasteiger partial charge is 0.493 e. The Morgan fingerprint density at radius 1 is 1.00 bits per heavy atom. The fourth-order valence-corrected chi connectivity index (χ4v) is 3.07. The van der Waals surface area contributed by atoms with Crippen LogP contribution in [0.3, 0.4) is 0 Å². The molecule has 2 aromatic rings. The zero-order valence-corrected chi connectivity index (χ0v) is 20.3. The minimum Gasteiger partial charge on any atom is -0.493 e. The van der Waals surface area contributed by atoms with Crippen LogP contribution in [0.15, 0.2) is 40.3 Å². The maximum absolute atomic E-state index is 12.9. The molecule has 3 amide bonds. The molecule has 11 nitrogen and oxygen atoms in total. The first-order chi connectivity index (χ1) is 16.0. The number of aromatic nitrogens is 2. The van der Waals surface area contributed by atoms with Crippen LogP contribution in [0.1, 0.15) is 33.4 Å². The number of urea groups is 1. The lowest BCUT2D eigenvalue weighted by atomic mass is 9.92. The summed E-state index contributed by atoms with van der Waals surface area (Å²) in [6.45, 7) is 11.3. The van der Waals surface area contributed by atoms with Crippen molar-refractivity contribution < 1.29 is 23.8 Å². The number of amides is 3. The molecule has 1 aliphatic heterocycles. The second-order valence-corrected chi connectivity index (χ2v) is 8.46. The van der Waals surface area contributed by atoms with E-state index in [9.17, 15) is 9.59 Å². The highest BCUT2D eigenvalue weighted by Gasteiger charge is 2.26. The summed E-state index contributed by atoms with van der Waals surface area (Å²) in [5, 5.41) is 10.0. The van der Waals surface area contributed by atoms with Crippen LogP contribution in [0.4, 0.5) is 16.3 Å². The van der Waals surface area contributed by atoms with E-state index in [1.165, 1.54) is 26.0 Å². The van der Waals surface area contributed by atoms with Crippen molar-refractivity contribution in [1.82, 2.24) is 9.78 Å². The van der Waals surface area contributed by atoms with Crippen LogP contribution in [-0.4, -0.2) is 54.7 Å². The SMILES string of the molecule is C=C1C(=O)N=C(n2nc(C(C)(C)C)cc2NC(=O)Nc2cc(OC)c(OC)c(OC)c2)N=C1C. The van der Waals surface area contributed by atoms with E-state index in [1.54, 1.807) is 25.1 Å². The Hall–Kier alpha value is -4.15. The lowest BCUT2D eigenvalue weighted by Gasteiger charge is -2.15. The van der Waals surface area contributed by atoms with Gasteiger partial charge in [-0.05, 0) is 6.92 Å². The summed E-state index contributed by atoms with van der Waals surface area (Å²) in [4.78, 5) is 33.4. The molecule has 1 aromatic carbocycles. The molecule has 0 saturated carbocycles. The van der Waals surface area contributed by atoms with Gasteiger partial charge in [0.2, 0.25) is 5.75 Å². The van der Waals surface area contributed by atoms with E-state index >= 15 is 0 Å². The molecule has 0 spiro atoms. The molecule has 0 aliphatic carbocycles. The summed E-state index contributed by atoms with van der Waals surface area (Å²) < 4.78 is 17.3. The maximum Gasteiger partial charge on any atom is 0.324 e. The van der Waals surface area contributed by atoms with E-state index in [4.69, 9.17) is 14.2 Å². The molecule has 0 bridgehead atoms. The highest BCUT2D eigenvalue weighted by atomic mass is 16.5. The van der Waals surface area contributed by atoms with Crippen molar-refractivity contribution in [3.05, 3.63) is 36.0 Å². The molecule has 0 atom stereocenters. The van der Waals surface area contributed by atoms with Gasteiger partial charge in [-0.1, -0.05) is 27.4 Å². The Morgan fingerprint density at radius 3 is 2.12 bits per heavy atom. The van der Waals surface area contributed by atoms with Crippen molar-refractivity contribution in [3.8, 4) is 17.2 Å². The number of methoxy groups -OCH3 is 3. The van der Waals surface area contributed by atoms with Gasteiger partial charge < -0.3 is 19.5 Å². The van der Waals surface area contributed by atoms with Crippen molar-refractivity contribution in [2.75, 3.05) is 32.0 Å². The van der Waals surface area contributed by atoms with Crippen molar-refractivity contribution in [2.45, 2.75) is 33.1 Å². The molecule has 34 heavy (non-hydrogen) atoms. The van der Waals surface area contributed by atoms with Gasteiger partial charge in [-0.25, -0.2) is 9.79 Å². The van der Waals surface area contributed by atoms with Gasteiger partial charge in [-0.2, -0.15) is 14.8 Å². The predicted octanol–water partition coefficient (Wildman–Crippen LogP) is 3.61. The summed E-state index contributed by atoms with van der Waals surface area (Å²) in [6.07, 6.45) is 0. The first-order valence-corrected chi connectivity index (χ1v) is 10.3. The number of hydrogen-bond donors (Lipinski definition) is 2. The number of carbonyl (C=O) groups is 2. The Kier molecular flexibility index (Phi) is 6.75. The highest BCUT2D eigenvalue weighted by molar-refractivity contribution is 6.27. The first-order valence-electron chi connectivity index (χ1n) is 10.3. The number of nitrogens with one attached hydrogen (secondary N) is 2. The molecule has 0 radical (unpaired) electrons. The van der Waals surface area contributed by atoms with E-state index in [0.717, 1.165) is 0 Å². The van der Waals surface area contributed by atoms with Crippen LogP contribution < -0.4 is 24.8 Å². The molecule has 0 fully saturated rings. The van der Waals surface area contributed by atoms with E-state index in [1.807, 2.05) is 20.8 Å². The predicted molar refractivity (Wildman–Crippen MR) is 130 cm³/mol. The molecule has 0 unspecified atom stereocenters. The van der Waals surface area contributed by atoms with Crippen molar-refractivity contribution >= 4 is 35.1 Å². The zero-order chi connectivity index (χ0) is 25.2. The molecule has 180 valence electrons. The quantitative estimate of drug-likeness (QED) is 0.645. The number of hydrogen-bond acceptors (Lipinski definition) is 7. The summed E-state index contributed by atoms with van der Waals surface area (Å²) >= 11 is 0. The van der Waals surface area contributed by atoms with E-state index in [2.05, 4.69) is 32.3 Å². The number of ether oxygens (including phenoxy) is 3. The van der Waals surface area contributed by atoms with Gasteiger partial charge in [-0.3, -0.25) is 10.1 Å². The van der Waals surface area contributed by atoms with Crippen LogP contribution in [0.2, 0.25) is 0 Å². The molecule has 11 heteroatoms. The molecule has 2 N–H and O–H groups in total. The number of benzene rings is 1. The smallest absolute Gasteiger partial charge is 0.324 e. The topological polar surface area (TPSA) is 128 Å². The Bertz CT molecular complexity index is 1190. The van der Waals surface area contributed by atoms with Crippen molar-refractivity contribution in [2.24, 2.45) is 9.98 Å². The number of carbonyl (C=O) groups excluding carboxylic acids is 2. The van der Waals surface area contributed by atoms with Gasteiger partial charge in [0.15, 0.2) is 11.5 Å². The van der Waals surface area contributed by atoms with Crippen molar-refractivity contribution in [1.29, 1.82) is 0 Å². The molecule has 0 saturated heterocycles. The first kappa shape index (κ1) is 24.5. The molecule has 1 aliphatic rings. The molecule has 3 rings (SSSR count). The van der Waals surface area contributed by atoms with Crippen LogP contribution >= 0.6 is 0 Å². The Labute approximate surface area is 197 Å². The van der Waals surface area contributed by atoms with Crippen LogP contribution in [-0.2, 0) is 10.2 Å². The highest BCUT2D eigenvalue weighted by Crippen LogP contribution is 2.40. The second-order valence-electron chi connectivity index (χ2n) is 8.46. The molecule has 2 heterocycles. The third-order valence-corrected chi connectivity index (χ3v) is 5.00. The minimum atomic E-state index is -0.566. The van der Waals surface area contributed by atoms with Gasteiger partial charge in [0, 0.05) is 23.6 Å². The fourth-order valence-electron chi connectivity index (χ4n) is 3.07. The third kappa shape index (κ3) is 4.92. The number of rotatable bonds is 5. The summed E-state index contributed by atoms with van der Waals surface area (Å²) in [6, 6.07) is 4.34. The standard InChI is InChI=1S/C23H28N6O5/c1-12-13(2)24-21(27-20(12)30)29-18(11-17(28-29)23(3,4)5)26-22(31)25-14-9-15(32-6)19(34-8)16(10-14)33-7/h9-11H,1H2,2-8H3,(H2,25,26,31). The summed E-state index contributed by atoms with van der Waals surface area (Å²) in [5.74, 6) is 0.982. The minimum absolute atomic E-state index is 0.0356. The number of anilines is 2. The van der Waals surface area contributed by atoms with Crippen LogP contribution in [0.5, 0.6) is 17.2 Å². The maximum atomic E-state index is 12.9. The third-order valence-electron chi connectivity index (χ3n) is 5.00. The Balaban J connectivity index is 1.95. The number of aliphatic imine (C=N–C) groups is 2. The van der Waals surface area contributed by atoms with Gasteiger partial charge in [0.1, 0.15) is 5.82 Å². The second kappa shape index (κ2) is 9.38. The summed E-state index contributed by atoms with van der Waals surface area (Å²) in [5.41, 5.74) is 1.38. The fraction of sp³-hybridized carbons (Fsp3) is 0.348. The average Bonchev–Trinajstić information content (AvgIpc) is 3.20. The van der Waals surface area contributed by atoms with E-state index < -0.39 is 11.9 Å². The normalized spacial score (nSPS) is 13.7. The van der Waals surface area contributed by atoms with Crippen LogP contribution in [0, 0.1) is 0 Å². The van der Waals surface area contributed by atoms with Crippen LogP contribution in [0.25, 0.3) is 0 Å². The molecular weight excluding hydrogens is 440 g/mol. The van der Waals surface area contributed by atoms with Gasteiger partial charge in [0.25, 0.3) is 11.9 Å². The Morgan fingerprint density at radius 2 is 1.62 bits per heavy atom. The number of nitrogens with zero attached hydrogens (tertiary/aromatic N) is 4. The van der Waals surface area contributed by atoms with E-state index in [-0.39, 0.29) is 22.8 Å². The summed E-state index contributed by atoms with van der Waals surface area (Å²) in [7, 11) is 4.46. The molecule has 1 aromatic heterocycles. The van der Waals surface area contributed by atoms with Gasteiger partial charge >= 0.3 is 6.03 Å². The lowest BCUT2D eigenvalue weighted by Crippen LogP contribution is -2.27. The van der Waals surface area contributed by atoms with E-state index in [0.29, 0.717) is 34.3 Å². The average molecular weight is 469 g/mol.